The molecule has 0 bridgehead atoms. The first-order valence-corrected chi connectivity index (χ1v) is 7.04. The second-order valence-electron chi connectivity index (χ2n) is 5.43. The lowest BCUT2D eigenvalue weighted by atomic mass is 9.95. The van der Waals surface area contributed by atoms with Crippen LogP contribution < -0.4 is 10.1 Å². The molecular weight excluding hydrogens is 264 g/mol. The van der Waals surface area contributed by atoms with E-state index in [1.165, 1.54) is 0 Å². The summed E-state index contributed by atoms with van der Waals surface area (Å²) in [5.74, 6) is 1.43. The molecule has 0 aliphatic heterocycles. The predicted molar refractivity (Wildman–Crippen MR) is 81.5 cm³/mol. The third kappa shape index (κ3) is 2.61. The lowest BCUT2D eigenvalue weighted by Crippen LogP contribution is -2.28. The molecule has 21 heavy (non-hydrogen) atoms. The van der Waals surface area contributed by atoms with E-state index in [0.29, 0.717) is 5.82 Å². The predicted octanol–water partition coefficient (Wildman–Crippen LogP) is 3.07. The number of anilines is 1. The number of methoxy groups -OCH3 is 1. The van der Waals surface area contributed by atoms with E-state index in [0.717, 1.165) is 29.8 Å². The van der Waals surface area contributed by atoms with E-state index in [-0.39, 0.29) is 5.91 Å². The normalized spacial score (nSPS) is 15.3. The highest BCUT2D eigenvalue weighted by atomic mass is 16.5. The highest BCUT2D eigenvalue weighted by Gasteiger charge is 2.51. The van der Waals surface area contributed by atoms with Crippen LogP contribution in [0.2, 0.25) is 0 Å². The zero-order chi connectivity index (χ0) is 14.9. The van der Waals surface area contributed by atoms with Crippen molar-refractivity contribution in [2.45, 2.75) is 25.2 Å². The van der Waals surface area contributed by atoms with Crippen molar-refractivity contribution in [3.8, 4) is 5.75 Å². The van der Waals surface area contributed by atoms with E-state index in [4.69, 9.17) is 4.74 Å². The van der Waals surface area contributed by atoms with Gasteiger partial charge in [-0.2, -0.15) is 0 Å². The maximum Gasteiger partial charge on any atom is 0.236 e. The van der Waals surface area contributed by atoms with Gasteiger partial charge in [0.05, 0.1) is 12.5 Å². The van der Waals surface area contributed by atoms with Gasteiger partial charge < -0.3 is 10.1 Å². The maximum absolute atomic E-state index is 12.6. The summed E-state index contributed by atoms with van der Waals surface area (Å²) < 4.78 is 5.16. The Bertz CT molecular complexity index is 661. The van der Waals surface area contributed by atoms with Crippen molar-refractivity contribution in [1.29, 1.82) is 0 Å². The van der Waals surface area contributed by atoms with Gasteiger partial charge in [0.25, 0.3) is 0 Å². The molecule has 1 aliphatic rings. The summed E-state index contributed by atoms with van der Waals surface area (Å²) in [6.45, 7) is 1.91. The van der Waals surface area contributed by atoms with Crippen LogP contribution in [0.3, 0.4) is 0 Å². The minimum Gasteiger partial charge on any atom is -0.497 e. The number of rotatable bonds is 4. The highest BCUT2D eigenvalue weighted by molar-refractivity contribution is 6.00. The second kappa shape index (κ2) is 5.20. The number of pyridine rings is 1. The van der Waals surface area contributed by atoms with Crippen LogP contribution in [0.15, 0.2) is 42.5 Å². The number of aromatic nitrogens is 1. The SMILES string of the molecule is COc1ccc(C2(C(=O)Nc3cccc(C)n3)CC2)cc1. The van der Waals surface area contributed by atoms with Crippen LogP contribution in [0.4, 0.5) is 5.82 Å². The maximum atomic E-state index is 12.6. The quantitative estimate of drug-likeness (QED) is 0.937. The van der Waals surface area contributed by atoms with E-state index < -0.39 is 5.41 Å². The van der Waals surface area contributed by atoms with E-state index in [1.807, 2.05) is 49.4 Å². The zero-order valence-electron chi connectivity index (χ0n) is 12.2. The third-order valence-electron chi connectivity index (χ3n) is 3.96. The van der Waals surface area contributed by atoms with Crippen LogP contribution in [0, 0.1) is 6.92 Å². The summed E-state index contributed by atoms with van der Waals surface area (Å²) in [4.78, 5) is 16.9. The summed E-state index contributed by atoms with van der Waals surface area (Å²) in [6, 6.07) is 13.3. The van der Waals surface area contributed by atoms with Gasteiger partial charge in [0.15, 0.2) is 0 Å². The molecule has 0 unspecified atom stereocenters. The number of carbonyl (C=O) groups is 1. The molecule has 1 aliphatic carbocycles. The molecule has 1 fully saturated rings. The smallest absolute Gasteiger partial charge is 0.236 e. The number of nitrogens with one attached hydrogen (secondary N) is 1. The summed E-state index contributed by atoms with van der Waals surface area (Å²) >= 11 is 0. The molecule has 0 atom stereocenters. The number of ether oxygens (including phenoxy) is 1. The summed E-state index contributed by atoms with van der Waals surface area (Å²) in [7, 11) is 1.64. The molecule has 108 valence electrons. The Morgan fingerprint density at radius 3 is 2.48 bits per heavy atom. The number of hydrogen-bond donors (Lipinski definition) is 1. The molecular formula is C17H18N2O2. The number of hydrogen-bond acceptors (Lipinski definition) is 3. The molecule has 1 heterocycles. The standard InChI is InChI=1S/C17H18N2O2/c1-12-4-3-5-15(18-12)19-16(20)17(10-11-17)13-6-8-14(21-2)9-7-13/h3-9H,10-11H2,1-2H3,(H,18,19,20). The van der Waals surface area contributed by atoms with Crippen molar-refractivity contribution in [2.75, 3.05) is 12.4 Å². The highest BCUT2D eigenvalue weighted by Crippen LogP contribution is 2.49. The van der Waals surface area contributed by atoms with Crippen LogP contribution in [-0.4, -0.2) is 18.0 Å². The fourth-order valence-electron chi connectivity index (χ4n) is 2.53. The first-order valence-electron chi connectivity index (χ1n) is 7.04. The Morgan fingerprint density at radius 1 is 1.19 bits per heavy atom. The van der Waals surface area contributed by atoms with Gasteiger partial charge in [-0.25, -0.2) is 4.98 Å². The summed E-state index contributed by atoms with van der Waals surface area (Å²) in [5.41, 5.74) is 1.52. The average Bonchev–Trinajstić information content (AvgIpc) is 3.29. The van der Waals surface area contributed by atoms with Gasteiger partial charge in [-0.15, -0.1) is 0 Å². The molecule has 1 saturated carbocycles. The number of amides is 1. The molecule has 1 N–H and O–H groups in total. The molecule has 0 saturated heterocycles. The zero-order valence-corrected chi connectivity index (χ0v) is 12.2. The fourth-order valence-corrected chi connectivity index (χ4v) is 2.53. The van der Waals surface area contributed by atoms with E-state index >= 15 is 0 Å². The monoisotopic (exact) mass is 282 g/mol. The van der Waals surface area contributed by atoms with Gasteiger partial charge in [0.1, 0.15) is 11.6 Å². The summed E-state index contributed by atoms with van der Waals surface area (Å²) in [5, 5.41) is 2.93. The number of carbonyl (C=O) groups excluding carboxylic acids is 1. The molecule has 4 heteroatoms. The number of benzene rings is 1. The average molecular weight is 282 g/mol. The molecule has 4 nitrogen and oxygen atoms in total. The van der Waals surface area contributed by atoms with Crippen LogP contribution in [0.25, 0.3) is 0 Å². The largest absolute Gasteiger partial charge is 0.497 e. The first kappa shape index (κ1) is 13.6. The van der Waals surface area contributed by atoms with Crippen LogP contribution in [-0.2, 0) is 10.2 Å². The van der Waals surface area contributed by atoms with Crippen molar-refractivity contribution in [1.82, 2.24) is 4.98 Å². The Kier molecular flexibility index (Phi) is 3.37. The Hall–Kier alpha value is -2.36. The van der Waals surface area contributed by atoms with Crippen molar-refractivity contribution < 1.29 is 9.53 Å². The molecule has 1 amide bonds. The van der Waals surface area contributed by atoms with Crippen LogP contribution in [0.5, 0.6) is 5.75 Å². The lowest BCUT2D eigenvalue weighted by molar-refractivity contribution is -0.118. The second-order valence-corrected chi connectivity index (χ2v) is 5.43. The number of aryl methyl sites for hydroxylation is 1. The lowest BCUT2D eigenvalue weighted by Gasteiger charge is -2.16. The molecule has 1 aromatic heterocycles. The Labute approximate surface area is 124 Å². The minimum absolute atomic E-state index is 0.0192. The van der Waals surface area contributed by atoms with Crippen LogP contribution >= 0.6 is 0 Å². The van der Waals surface area contributed by atoms with Crippen molar-refractivity contribution in [3.05, 3.63) is 53.7 Å². The van der Waals surface area contributed by atoms with Gasteiger partial charge in [0.2, 0.25) is 5.91 Å². The minimum atomic E-state index is -0.405. The topological polar surface area (TPSA) is 51.2 Å². The first-order chi connectivity index (χ1) is 10.1. The van der Waals surface area contributed by atoms with Gasteiger partial charge in [-0.3, -0.25) is 4.79 Å². The molecule has 1 aromatic carbocycles. The van der Waals surface area contributed by atoms with Crippen molar-refractivity contribution in [2.24, 2.45) is 0 Å². The van der Waals surface area contributed by atoms with E-state index in [1.54, 1.807) is 7.11 Å². The third-order valence-corrected chi connectivity index (χ3v) is 3.96. The van der Waals surface area contributed by atoms with Gasteiger partial charge in [-0.1, -0.05) is 18.2 Å². The molecule has 2 aromatic rings. The van der Waals surface area contributed by atoms with Crippen molar-refractivity contribution in [3.63, 3.8) is 0 Å². The molecule has 0 spiro atoms. The Balaban J connectivity index is 1.79. The van der Waals surface area contributed by atoms with Gasteiger partial charge >= 0.3 is 0 Å². The van der Waals surface area contributed by atoms with Crippen LogP contribution in [0.1, 0.15) is 24.1 Å². The van der Waals surface area contributed by atoms with Gasteiger partial charge in [-0.05, 0) is 49.6 Å². The fraction of sp³-hybridized carbons (Fsp3) is 0.294. The molecule has 3 rings (SSSR count). The summed E-state index contributed by atoms with van der Waals surface area (Å²) in [6.07, 6.45) is 1.74. The Morgan fingerprint density at radius 2 is 1.90 bits per heavy atom. The van der Waals surface area contributed by atoms with Gasteiger partial charge in [0, 0.05) is 5.69 Å². The van der Waals surface area contributed by atoms with E-state index in [2.05, 4.69) is 10.3 Å². The number of nitrogens with zero attached hydrogens (tertiary/aromatic N) is 1. The van der Waals surface area contributed by atoms with Crippen molar-refractivity contribution >= 4 is 11.7 Å². The molecule has 0 radical (unpaired) electrons. The van der Waals surface area contributed by atoms with E-state index in [9.17, 15) is 4.79 Å².